The first-order valence-corrected chi connectivity index (χ1v) is 10.1. The van der Waals surface area contributed by atoms with Crippen LogP contribution in [0.2, 0.25) is 0 Å². The van der Waals surface area contributed by atoms with Crippen molar-refractivity contribution < 1.29 is 27.5 Å². The van der Waals surface area contributed by atoms with Crippen molar-refractivity contribution in [1.82, 2.24) is 14.5 Å². The maximum Gasteiger partial charge on any atom is 0.416 e. The number of aryl methyl sites for hydroxylation is 1. The Morgan fingerprint density at radius 2 is 1.76 bits per heavy atom. The molecule has 4 aromatic rings. The van der Waals surface area contributed by atoms with E-state index in [1.165, 1.54) is 25.4 Å². The van der Waals surface area contributed by atoms with Gasteiger partial charge in [-0.2, -0.15) is 18.2 Å². The SMILES string of the molecule is COc1cc(C)nc(NC(=O)C(=O)c2cn(Cc3ccc(C(F)(F)F)cc3)c3ccccc23)n1. The van der Waals surface area contributed by atoms with Crippen molar-refractivity contribution in [3.63, 3.8) is 0 Å². The lowest BCUT2D eigenvalue weighted by Crippen LogP contribution is -2.24. The van der Waals surface area contributed by atoms with E-state index in [-0.39, 0.29) is 23.9 Å². The van der Waals surface area contributed by atoms with Gasteiger partial charge in [0.05, 0.1) is 18.2 Å². The fourth-order valence-corrected chi connectivity index (χ4v) is 3.54. The largest absolute Gasteiger partial charge is 0.481 e. The van der Waals surface area contributed by atoms with E-state index in [1.54, 1.807) is 41.8 Å². The minimum absolute atomic E-state index is 0.0660. The van der Waals surface area contributed by atoms with Gasteiger partial charge in [-0.25, -0.2) is 4.98 Å². The van der Waals surface area contributed by atoms with Crippen LogP contribution in [0.4, 0.5) is 19.1 Å². The lowest BCUT2D eigenvalue weighted by atomic mass is 10.1. The number of fused-ring (bicyclic) bond motifs is 1. The lowest BCUT2D eigenvalue weighted by molar-refractivity contribution is -0.137. The Bertz CT molecular complexity index is 1380. The third kappa shape index (κ3) is 4.75. The number of hydrogen-bond donors (Lipinski definition) is 1. The fourth-order valence-electron chi connectivity index (χ4n) is 3.54. The number of alkyl halides is 3. The summed E-state index contributed by atoms with van der Waals surface area (Å²) in [5, 5.41) is 2.93. The summed E-state index contributed by atoms with van der Waals surface area (Å²) in [7, 11) is 1.42. The number of carbonyl (C=O) groups excluding carboxylic acids is 2. The van der Waals surface area contributed by atoms with E-state index in [2.05, 4.69) is 15.3 Å². The zero-order chi connectivity index (χ0) is 24.5. The molecule has 0 radical (unpaired) electrons. The van der Waals surface area contributed by atoms with Crippen LogP contribution in [-0.4, -0.2) is 33.3 Å². The van der Waals surface area contributed by atoms with E-state index in [0.717, 1.165) is 12.1 Å². The van der Waals surface area contributed by atoms with Gasteiger partial charge in [0.25, 0.3) is 11.7 Å². The highest BCUT2D eigenvalue weighted by atomic mass is 19.4. The topological polar surface area (TPSA) is 86.1 Å². The first-order valence-electron chi connectivity index (χ1n) is 10.1. The summed E-state index contributed by atoms with van der Waals surface area (Å²) in [5.74, 6) is -1.55. The van der Waals surface area contributed by atoms with Gasteiger partial charge in [-0.3, -0.25) is 14.9 Å². The van der Waals surface area contributed by atoms with Crippen molar-refractivity contribution in [2.24, 2.45) is 0 Å². The summed E-state index contributed by atoms with van der Waals surface area (Å²) < 4.78 is 45.3. The Morgan fingerprint density at radius 1 is 1.06 bits per heavy atom. The standard InChI is InChI=1S/C24H19F3N4O3/c1-14-11-20(34-2)29-23(28-14)30-22(33)21(32)18-13-31(19-6-4-3-5-17(18)19)12-15-7-9-16(10-8-15)24(25,26)27/h3-11,13H,12H2,1-2H3,(H,28,29,30,33). The maximum absolute atomic E-state index is 13.0. The van der Waals surface area contributed by atoms with Crippen LogP contribution < -0.4 is 10.1 Å². The molecule has 0 unspecified atom stereocenters. The molecule has 0 aliphatic rings. The number of halogens is 3. The molecule has 0 saturated heterocycles. The highest BCUT2D eigenvalue weighted by molar-refractivity contribution is 6.48. The van der Waals surface area contributed by atoms with Crippen molar-refractivity contribution in [2.45, 2.75) is 19.6 Å². The molecule has 0 bridgehead atoms. The number of methoxy groups -OCH3 is 1. The van der Waals surface area contributed by atoms with Crippen molar-refractivity contribution in [1.29, 1.82) is 0 Å². The van der Waals surface area contributed by atoms with E-state index < -0.39 is 23.4 Å². The van der Waals surface area contributed by atoms with Gasteiger partial charge in [0.2, 0.25) is 11.8 Å². The van der Waals surface area contributed by atoms with Crippen molar-refractivity contribution in [3.05, 3.63) is 83.2 Å². The summed E-state index contributed by atoms with van der Waals surface area (Å²) >= 11 is 0. The van der Waals surface area contributed by atoms with Crippen LogP contribution in [-0.2, 0) is 17.5 Å². The first-order chi connectivity index (χ1) is 16.2. The predicted octanol–water partition coefficient (Wildman–Crippen LogP) is 4.64. The van der Waals surface area contributed by atoms with Crippen LogP contribution in [0.25, 0.3) is 10.9 Å². The van der Waals surface area contributed by atoms with Crippen LogP contribution in [0.15, 0.2) is 60.8 Å². The number of ether oxygens (including phenoxy) is 1. The second-order valence-corrected chi connectivity index (χ2v) is 7.54. The lowest BCUT2D eigenvalue weighted by Gasteiger charge is -2.09. The first kappa shape index (κ1) is 23.0. The van der Waals surface area contributed by atoms with Crippen molar-refractivity contribution in [3.8, 4) is 5.88 Å². The van der Waals surface area contributed by atoms with Crippen LogP contribution in [0.1, 0.15) is 27.2 Å². The minimum atomic E-state index is -4.42. The van der Waals surface area contributed by atoms with Gasteiger partial charge in [0.15, 0.2) is 0 Å². The monoisotopic (exact) mass is 468 g/mol. The number of para-hydroxylation sites is 1. The molecular weight excluding hydrogens is 449 g/mol. The number of hydrogen-bond acceptors (Lipinski definition) is 5. The predicted molar refractivity (Wildman–Crippen MR) is 119 cm³/mol. The average Bonchev–Trinajstić information content (AvgIpc) is 3.16. The molecule has 0 spiro atoms. The molecule has 1 amide bonds. The molecule has 34 heavy (non-hydrogen) atoms. The van der Waals surface area contributed by atoms with Gasteiger partial charge in [-0.1, -0.05) is 30.3 Å². The second kappa shape index (κ2) is 8.97. The molecular formula is C24H19F3N4O3. The Balaban J connectivity index is 1.62. The van der Waals surface area contributed by atoms with Gasteiger partial charge in [0.1, 0.15) is 0 Å². The Labute approximate surface area is 192 Å². The van der Waals surface area contributed by atoms with Gasteiger partial charge in [-0.15, -0.1) is 0 Å². The molecule has 0 fully saturated rings. The van der Waals surface area contributed by atoms with Crippen LogP contribution in [0.5, 0.6) is 5.88 Å². The number of amides is 1. The molecule has 174 valence electrons. The highest BCUT2D eigenvalue weighted by Gasteiger charge is 2.30. The van der Waals surface area contributed by atoms with Gasteiger partial charge < -0.3 is 9.30 Å². The molecule has 4 rings (SSSR count). The van der Waals surface area contributed by atoms with E-state index in [1.807, 2.05) is 0 Å². The number of ketones is 1. The number of aromatic nitrogens is 3. The number of benzene rings is 2. The Hall–Kier alpha value is -4.21. The number of nitrogens with zero attached hydrogens (tertiary/aromatic N) is 3. The summed E-state index contributed by atoms with van der Waals surface area (Å²) in [6, 6.07) is 13.3. The third-order valence-corrected chi connectivity index (χ3v) is 5.14. The summed E-state index contributed by atoms with van der Waals surface area (Å²) in [5.41, 5.74) is 1.23. The maximum atomic E-state index is 13.0. The molecule has 0 aliphatic heterocycles. The Morgan fingerprint density at radius 3 is 2.44 bits per heavy atom. The number of rotatable bonds is 6. The van der Waals surface area contributed by atoms with Gasteiger partial charge >= 0.3 is 6.18 Å². The van der Waals surface area contributed by atoms with Gasteiger partial charge in [0, 0.05) is 35.4 Å². The molecule has 10 heteroatoms. The fraction of sp³-hybridized carbons (Fsp3) is 0.167. The van der Waals surface area contributed by atoms with E-state index in [9.17, 15) is 22.8 Å². The molecule has 2 aromatic carbocycles. The minimum Gasteiger partial charge on any atom is -0.481 e. The average molecular weight is 468 g/mol. The van der Waals surface area contributed by atoms with Gasteiger partial charge in [-0.05, 0) is 30.7 Å². The highest BCUT2D eigenvalue weighted by Crippen LogP contribution is 2.30. The number of carbonyl (C=O) groups is 2. The molecule has 0 saturated carbocycles. The summed E-state index contributed by atoms with van der Waals surface area (Å²) in [4.78, 5) is 33.8. The summed E-state index contributed by atoms with van der Waals surface area (Å²) in [6.07, 6.45) is -2.90. The summed E-state index contributed by atoms with van der Waals surface area (Å²) in [6.45, 7) is 1.91. The van der Waals surface area contributed by atoms with E-state index in [0.29, 0.717) is 22.2 Å². The van der Waals surface area contributed by atoms with Crippen LogP contribution in [0, 0.1) is 6.92 Å². The molecule has 7 nitrogen and oxygen atoms in total. The molecule has 0 aliphatic carbocycles. The zero-order valence-electron chi connectivity index (χ0n) is 18.2. The van der Waals surface area contributed by atoms with Crippen LogP contribution >= 0.6 is 0 Å². The number of Topliss-reactive ketones (excluding diaryl/α,β-unsaturated/α-hetero) is 1. The van der Waals surface area contributed by atoms with Crippen molar-refractivity contribution in [2.75, 3.05) is 12.4 Å². The Kier molecular flexibility index (Phi) is 6.06. The molecule has 1 N–H and O–H groups in total. The number of nitrogens with one attached hydrogen (secondary N) is 1. The zero-order valence-corrected chi connectivity index (χ0v) is 18.2. The molecule has 0 atom stereocenters. The second-order valence-electron chi connectivity index (χ2n) is 7.54. The van der Waals surface area contributed by atoms with E-state index >= 15 is 0 Å². The normalized spacial score (nSPS) is 11.4. The smallest absolute Gasteiger partial charge is 0.416 e. The quantitative estimate of drug-likeness (QED) is 0.329. The van der Waals surface area contributed by atoms with Crippen LogP contribution in [0.3, 0.4) is 0 Å². The van der Waals surface area contributed by atoms with Crippen molar-refractivity contribution >= 4 is 28.5 Å². The molecule has 2 heterocycles. The third-order valence-electron chi connectivity index (χ3n) is 5.14. The number of anilines is 1. The van der Waals surface area contributed by atoms with E-state index in [4.69, 9.17) is 4.74 Å². The molecule has 2 aromatic heterocycles.